The van der Waals surface area contributed by atoms with E-state index in [1.165, 1.54) is 6.07 Å². The number of nitrogens with one attached hydrogen (secondary N) is 1. The monoisotopic (exact) mass is 388 g/mol. The molecule has 0 spiro atoms. The number of nitrogens with zero attached hydrogens (tertiary/aromatic N) is 3. The first-order valence-electron chi connectivity index (χ1n) is 8.94. The lowest BCUT2D eigenvalue weighted by atomic mass is 10.0. The van der Waals surface area contributed by atoms with Gasteiger partial charge in [0, 0.05) is 19.3 Å². The first kappa shape index (κ1) is 19.9. The first-order valence-corrected chi connectivity index (χ1v) is 8.94. The van der Waals surface area contributed by atoms with Crippen LogP contribution in [0.15, 0.2) is 24.3 Å². The van der Waals surface area contributed by atoms with Gasteiger partial charge in [0.1, 0.15) is 0 Å². The number of aliphatic hydroxyl groups excluding tert-OH is 1. The highest BCUT2D eigenvalue weighted by Gasteiger charge is 2.20. The zero-order chi connectivity index (χ0) is 20.6. The maximum atomic E-state index is 13.4. The molecule has 0 bridgehead atoms. The van der Waals surface area contributed by atoms with Crippen molar-refractivity contribution in [1.29, 1.82) is 0 Å². The van der Waals surface area contributed by atoms with Crippen molar-refractivity contribution in [2.75, 3.05) is 6.54 Å². The Labute approximate surface area is 161 Å². The topological polar surface area (TPSA) is 80.0 Å². The number of amides is 1. The first-order chi connectivity index (χ1) is 13.2. The van der Waals surface area contributed by atoms with Gasteiger partial charge in [-0.1, -0.05) is 19.9 Å². The quantitative estimate of drug-likeness (QED) is 0.704. The Kier molecular flexibility index (Phi) is 5.42. The van der Waals surface area contributed by atoms with E-state index >= 15 is 0 Å². The van der Waals surface area contributed by atoms with Gasteiger partial charge in [-0.05, 0) is 36.6 Å². The molecule has 0 saturated heterocycles. The highest BCUT2D eigenvalue weighted by molar-refractivity contribution is 6.06. The molecule has 0 aliphatic carbocycles. The third-order valence-corrected chi connectivity index (χ3v) is 4.61. The predicted octanol–water partition coefficient (Wildman–Crippen LogP) is 3.14. The second-order valence-electron chi connectivity index (χ2n) is 7.06. The number of fused-ring (bicyclic) bond motifs is 1. The summed E-state index contributed by atoms with van der Waals surface area (Å²) < 4.78 is 28.0. The molecule has 2 N–H and O–H groups in total. The molecule has 1 amide bonds. The summed E-state index contributed by atoms with van der Waals surface area (Å²) in [6.07, 6.45) is -1.17. The number of aryl methyl sites for hydroxylation is 2. The normalized spacial score (nSPS) is 12.6. The zero-order valence-corrected chi connectivity index (χ0v) is 16.1. The van der Waals surface area contributed by atoms with Gasteiger partial charge in [0.2, 0.25) is 0 Å². The molecule has 2 aromatic heterocycles. The maximum absolute atomic E-state index is 13.4. The fourth-order valence-electron chi connectivity index (χ4n) is 3.06. The summed E-state index contributed by atoms with van der Waals surface area (Å²) in [6.45, 7) is 5.61. The average molecular weight is 388 g/mol. The van der Waals surface area contributed by atoms with Gasteiger partial charge in [-0.2, -0.15) is 5.10 Å². The van der Waals surface area contributed by atoms with E-state index in [1.807, 2.05) is 13.8 Å². The number of halogens is 2. The molecule has 1 atom stereocenters. The predicted molar refractivity (Wildman–Crippen MR) is 101 cm³/mol. The molecule has 2 heterocycles. The summed E-state index contributed by atoms with van der Waals surface area (Å²) in [7, 11) is 1.76. The van der Waals surface area contributed by atoms with E-state index in [0.717, 1.165) is 17.8 Å². The number of carbonyl (C=O) groups is 1. The molecule has 6 nitrogen and oxygen atoms in total. The number of aliphatic hydroxyl groups is 1. The number of rotatable bonds is 5. The van der Waals surface area contributed by atoms with E-state index in [2.05, 4.69) is 15.4 Å². The van der Waals surface area contributed by atoms with Gasteiger partial charge < -0.3 is 10.4 Å². The summed E-state index contributed by atoms with van der Waals surface area (Å²) in [5, 5.41) is 17.9. The second kappa shape index (κ2) is 7.63. The van der Waals surface area contributed by atoms with Gasteiger partial charge in [0.15, 0.2) is 17.3 Å². The third-order valence-electron chi connectivity index (χ3n) is 4.61. The van der Waals surface area contributed by atoms with Crippen molar-refractivity contribution in [2.24, 2.45) is 7.05 Å². The average Bonchev–Trinajstić information content (AvgIpc) is 2.95. The van der Waals surface area contributed by atoms with Crippen LogP contribution in [0.3, 0.4) is 0 Å². The molecule has 1 aromatic carbocycles. The van der Waals surface area contributed by atoms with Gasteiger partial charge in [0.05, 0.1) is 22.7 Å². The van der Waals surface area contributed by atoms with E-state index in [1.54, 1.807) is 24.7 Å². The molecule has 3 aromatic rings. The van der Waals surface area contributed by atoms with Crippen LogP contribution in [-0.2, 0) is 7.05 Å². The molecule has 148 valence electrons. The molecular formula is C20H22F2N4O2. The lowest BCUT2D eigenvalue weighted by Gasteiger charge is -2.14. The molecule has 3 rings (SSSR count). The minimum atomic E-state index is -1.17. The molecule has 0 aliphatic heterocycles. The number of hydrogen-bond acceptors (Lipinski definition) is 4. The summed E-state index contributed by atoms with van der Waals surface area (Å²) in [5.74, 6) is -2.33. The highest BCUT2D eigenvalue weighted by atomic mass is 19.2. The van der Waals surface area contributed by atoms with Gasteiger partial charge in [-0.25, -0.2) is 13.8 Å². The summed E-state index contributed by atoms with van der Waals surface area (Å²) in [6, 6.07) is 4.86. The van der Waals surface area contributed by atoms with Crippen LogP contribution in [0.4, 0.5) is 8.78 Å². The van der Waals surface area contributed by atoms with Crippen LogP contribution in [-0.4, -0.2) is 32.3 Å². The Hall–Kier alpha value is -2.87. The van der Waals surface area contributed by atoms with Crippen LogP contribution >= 0.6 is 0 Å². The minimum absolute atomic E-state index is 0.110. The molecule has 0 saturated carbocycles. The van der Waals surface area contributed by atoms with Gasteiger partial charge in [-0.15, -0.1) is 0 Å². The smallest absolute Gasteiger partial charge is 0.252 e. The van der Waals surface area contributed by atoms with Crippen molar-refractivity contribution in [3.8, 4) is 0 Å². The van der Waals surface area contributed by atoms with Crippen LogP contribution < -0.4 is 5.32 Å². The Morgan fingerprint density at radius 3 is 2.61 bits per heavy atom. The van der Waals surface area contributed by atoms with E-state index in [0.29, 0.717) is 22.3 Å². The lowest BCUT2D eigenvalue weighted by Crippen LogP contribution is -2.29. The van der Waals surface area contributed by atoms with Crippen LogP contribution in [0, 0.1) is 18.6 Å². The number of benzene rings is 1. The fraction of sp³-hybridized carbons (Fsp3) is 0.350. The summed E-state index contributed by atoms with van der Waals surface area (Å²) >= 11 is 0. The molecule has 28 heavy (non-hydrogen) atoms. The SMILES string of the molecule is Cc1nn(C)c2nc(C(C)C)cc(C(=O)NC[C@@H](O)c3ccc(F)c(F)c3)c12. The molecule has 8 heteroatoms. The van der Waals surface area contributed by atoms with Crippen molar-refractivity contribution in [1.82, 2.24) is 20.1 Å². The Morgan fingerprint density at radius 1 is 1.25 bits per heavy atom. The standard InChI is InChI=1S/C20H22F2N4O2/c1-10(2)16-8-13(18-11(3)25-26(4)19(18)24-16)20(28)23-9-17(27)12-5-6-14(21)15(22)7-12/h5-8,10,17,27H,9H2,1-4H3,(H,23,28)/t17-/m1/s1. The number of aromatic nitrogens is 3. The summed E-state index contributed by atoms with van der Waals surface area (Å²) in [4.78, 5) is 17.4. The maximum Gasteiger partial charge on any atom is 0.252 e. The Balaban J connectivity index is 1.87. The zero-order valence-electron chi connectivity index (χ0n) is 16.1. The van der Waals surface area contributed by atoms with Crippen LogP contribution in [0.2, 0.25) is 0 Å². The van der Waals surface area contributed by atoms with E-state index in [4.69, 9.17) is 0 Å². The lowest BCUT2D eigenvalue weighted by molar-refractivity contribution is 0.0917. The van der Waals surface area contributed by atoms with Crippen LogP contribution in [0.25, 0.3) is 11.0 Å². The van der Waals surface area contributed by atoms with Crippen LogP contribution in [0.1, 0.15) is 53.2 Å². The minimum Gasteiger partial charge on any atom is -0.387 e. The number of pyridine rings is 1. The molecule has 0 radical (unpaired) electrons. The summed E-state index contributed by atoms with van der Waals surface area (Å²) in [5.41, 5.74) is 2.62. The molecule has 0 unspecified atom stereocenters. The number of carbonyl (C=O) groups excluding carboxylic acids is 1. The van der Waals surface area contributed by atoms with E-state index < -0.39 is 23.6 Å². The van der Waals surface area contributed by atoms with Crippen molar-refractivity contribution < 1.29 is 18.7 Å². The van der Waals surface area contributed by atoms with E-state index in [-0.39, 0.29) is 18.0 Å². The molecular weight excluding hydrogens is 366 g/mol. The Bertz CT molecular complexity index is 1050. The molecule has 0 aliphatic rings. The van der Waals surface area contributed by atoms with Crippen molar-refractivity contribution in [3.63, 3.8) is 0 Å². The fourth-order valence-corrected chi connectivity index (χ4v) is 3.06. The van der Waals surface area contributed by atoms with E-state index in [9.17, 15) is 18.7 Å². The van der Waals surface area contributed by atoms with Crippen molar-refractivity contribution in [3.05, 3.63) is 58.4 Å². The highest BCUT2D eigenvalue weighted by Crippen LogP contribution is 2.25. The van der Waals surface area contributed by atoms with Gasteiger partial charge in [-0.3, -0.25) is 9.48 Å². The third kappa shape index (κ3) is 3.73. The van der Waals surface area contributed by atoms with Gasteiger partial charge in [0.25, 0.3) is 5.91 Å². The second-order valence-corrected chi connectivity index (χ2v) is 7.06. The van der Waals surface area contributed by atoms with Crippen LogP contribution in [0.5, 0.6) is 0 Å². The van der Waals surface area contributed by atoms with Crippen molar-refractivity contribution in [2.45, 2.75) is 32.8 Å². The Morgan fingerprint density at radius 2 is 1.96 bits per heavy atom. The molecule has 0 fully saturated rings. The number of hydrogen-bond donors (Lipinski definition) is 2. The van der Waals surface area contributed by atoms with Crippen molar-refractivity contribution >= 4 is 16.9 Å². The largest absolute Gasteiger partial charge is 0.387 e. The van der Waals surface area contributed by atoms with Gasteiger partial charge >= 0.3 is 0 Å².